The second kappa shape index (κ2) is 5.93. The summed E-state index contributed by atoms with van der Waals surface area (Å²) in [7, 11) is 0. The van der Waals surface area contributed by atoms with Gasteiger partial charge in [0.2, 0.25) is 5.95 Å². The summed E-state index contributed by atoms with van der Waals surface area (Å²) in [6.07, 6.45) is 2.31. The van der Waals surface area contributed by atoms with E-state index in [9.17, 15) is 0 Å². The molecule has 1 fully saturated rings. The van der Waals surface area contributed by atoms with E-state index in [0.29, 0.717) is 12.0 Å². The van der Waals surface area contributed by atoms with Crippen LogP contribution in [0.3, 0.4) is 0 Å². The first-order valence-electron chi connectivity index (χ1n) is 7.15. The number of nitrogens with zero attached hydrogens (tertiary/aromatic N) is 2. The van der Waals surface area contributed by atoms with Crippen molar-refractivity contribution in [1.82, 2.24) is 9.97 Å². The van der Waals surface area contributed by atoms with Crippen molar-refractivity contribution in [2.75, 3.05) is 23.8 Å². The first kappa shape index (κ1) is 13.6. The molecule has 0 radical (unpaired) electrons. The Morgan fingerprint density at radius 3 is 3.10 bits per heavy atom. The van der Waals surface area contributed by atoms with Crippen LogP contribution in [0.15, 0.2) is 11.4 Å². The quantitative estimate of drug-likeness (QED) is 0.887. The zero-order chi connectivity index (χ0) is 13.9. The molecule has 1 saturated heterocycles. The number of ether oxygens (including phenoxy) is 1. The number of thiophene rings is 1. The molecule has 0 saturated carbocycles. The maximum absolute atomic E-state index is 5.61. The highest BCUT2D eigenvalue weighted by atomic mass is 32.1. The largest absolute Gasteiger partial charge is 0.376 e. The number of aromatic nitrogens is 2. The minimum atomic E-state index is 0.228. The van der Waals surface area contributed by atoms with Gasteiger partial charge in [0.25, 0.3) is 0 Å². The maximum Gasteiger partial charge on any atom is 0.226 e. The van der Waals surface area contributed by atoms with E-state index >= 15 is 0 Å². The van der Waals surface area contributed by atoms with Gasteiger partial charge in [0.05, 0.1) is 17.5 Å². The van der Waals surface area contributed by atoms with Crippen LogP contribution >= 0.6 is 11.3 Å². The van der Waals surface area contributed by atoms with E-state index < -0.39 is 0 Å². The van der Waals surface area contributed by atoms with E-state index in [0.717, 1.165) is 42.0 Å². The molecule has 2 atom stereocenters. The van der Waals surface area contributed by atoms with Gasteiger partial charge in [0.1, 0.15) is 10.6 Å². The van der Waals surface area contributed by atoms with Crippen LogP contribution in [0, 0.1) is 0 Å². The lowest BCUT2D eigenvalue weighted by Crippen LogP contribution is -2.27. The Bertz CT molecular complexity index is 586. The molecule has 2 aromatic rings. The number of rotatable bonds is 5. The van der Waals surface area contributed by atoms with Crippen LogP contribution < -0.4 is 10.6 Å². The molecule has 0 bridgehead atoms. The summed E-state index contributed by atoms with van der Waals surface area (Å²) in [6, 6.07) is 2.40. The van der Waals surface area contributed by atoms with Gasteiger partial charge in [-0.25, -0.2) is 4.98 Å². The van der Waals surface area contributed by atoms with Crippen LogP contribution in [-0.2, 0) is 4.74 Å². The zero-order valence-electron chi connectivity index (χ0n) is 11.8. The molecule has 2 unspecified atom stereocenters. The molecule has 0 aromatic carbocycles. The van der Waals surface area contributed by atoms with Crippen LogP contribution in [-0.4, -0.2) is 35.3 Å². The predicted molar refractivity (Wildman–Crippen MR) is 83.6 cm³/mol. The molecule has 6 heteroatoms. The molecule has 20 heavy (non-hydrogen) atoms. The van der Waals surface area contributed by atoms with Crippen molar-refractivity contribution >= 4 is 33.3 Å². The van der Waals surface area contributed by atoms with E-state index in [4.69, 9.17) is 4.74 Å². The van der Waals surface area contributed by atoms with Crippen LogP contribution in [0.5, 0.6) is 0 Å². The third-order valence-corrected chi connectivity index (χ3v) is 4.36. The maximum atomic E-state index is 5.61. The number of anilines is 2. The third-order valence-electron chi connectivity index (χ3n) is 3.56. The second-order valence-corrected chi connectivity index (χ2v) is 5.97. The van der Waals surface area contributed by atoms with Crippen molar-refractivity contribution in [2.45, 2.75) is 38.8 Å². The highest BCUT2D eigenvalue weighted by Gasteiger charge is 2.25. The van der Waals surface area contributed by atoms with Gasteiger partial charge >= 0.3 is 0 Å². The first-order valence-corrected chi connectivity index (χ1v) is 8.03. The van der Waals surface area contributed by atoms with Gasteiger partial charge in [-0.3, -0.25) is 0 Å². The van der Waals surface area contributed by atoms with Crippen molar-refractivity contribution in [3.05, 3.63) is 11.4 Å². The molecule has 1 aliphatic heterocycles. The van der Waals surface area contributed by atoms with Crippen LogP contribution in [0.2, 0.25) is 0 Å². The molecule has 1 aliphatic rings. The molecule has 0 spiro atoms. The first-order chi connectivity index (χ1) is 9.78. The summed E-state index contributed by atoms with van der Waals surface area (Å²) < 4.78 is 5.61. The van der Waals surface area contributed by atoms with Gasteiger partial charge in [0, 0.05) is 13.2 Å². The summed E-state index contributed by atoms with van der Waals surface area (Å²) in [5.74, 6) is 1.62. The van der Waals surface area contributed by atoms with E-state index in [1.165, 1.54) is 0 Å². The van der Waals surface area contributed by atoms with E-state index in [-0.39, 0.29) is 6.10 Å². The van der Waals surface area contributed by atoms with Crippen molar-refractivity contribution < 1.29 is 4.74 Å². The molecular formula is C14H20N4OS. The Morgan fingerprint density at radius 1 is 1.45 bits per heavy atom. The monoisotopic (exact) mass is 292 g/mol. The summed E-state index contributed by atoms with van der Waals surface area (Å²) >= 11 is 1.65. The van der Waals surface area contributed by atoms with Gasteiger partial charge in [-0.15, -0.1) is 11.3 Å². The minimum Gasteiger partial charge on any atom is -0.376 e. The third kappa shape index (κ3) is 2.71. The Morgan fingerprint density at radius 2 is 2.35 bits per heavy atom. The summed E-state index contributed by atoms with van der Waals surface area (Å²) in [5.41, 5.74) is 0. The number of nitrogens with one attached hydrogen (secondary N) is 2. The highest BCUT2D eigenvalue weighted by Crippen LogP contribution is 2.28. The SMILES string of the molecule is CCCNc1nc(NC2CCOC2C)c2ccsc2n1. The van der Waals surface area contributed by atoms with E-state index in [1.54, 1.807) is 11.3 Å². The Balaban J connectivity index is 1.88. The fourth-order valence-electron chi connectivity index (χ4n) is 2.38. The lowest BCUT2D eigenvalue weighted by Gasteiger charge is -2.17. The average molecular weight is 292 g/mol. The topological polar surface area (TPSA) is 59.1 Å². The molecule has 2 N–H and O–H groups in total. The molecule has 3 rings (SSSR count). The normalized spacial score (nSPS) is 22.3. The van der Waals surface area contributed by atoms with Crippen molar-refractivity contribution in [1.29, 1.82) is 0 Å². The molecule has 0 amide bonds. The smallest absolute Gasteiger partial charge is 0.226 e. The van der Waals surface area contributed by atoms with Gasteiger partial charge in [-0.1, -0.05) is 6.92 Å². The molecule has 0 aliphatic carbocycles. The summed E-state index contributed by atoms with van der Waals surface area (Å²) in [4.78, 5) is 10.2. The molecular weight excluding hydrogens is 272 g/mol. The van der Waals surface area contributed by atoms with Crippen molar-refractivity contribution in [2.24, 2.45) is 0 Å². The fourth-order valence-corrected chi connectivity index (χ4v) is 3.14. The Labute approximate surface area is 122 Å². The Hall–Kier alpha value is -1.40. The van der Waals surface area contributed by atoms with Crippen LogP contribution in [0.25, 0.3) is 10.2 Å². The highest BCUT2D eigenvalue weighted by molar-refractivity contribution is 7.16. The van der Waals surface area contributed by atoms with Crippen LogP contribution in [0.1, 0.15) is 26.7 Å². The number of fused-ring (bicyclic) bond motifs is 1. The van der Waals surface area contributed by atoms with Gasteiger partial charge in [-0.2, -0.15) is 4.98 Å². The fraction of sp³-hybridized carbons (Fsp3) is 0.571. The van der Waals surface area contributed by atoms with E-state index in [2.05, 4.69) is 45.9 Å². The van der Waals surface area contributed by atoms with E-state index in [1.807, 2.05) is 0 Å². The van der Waals surface area contributed by atoms with Crippen LogP contribution in [0.4, 0.5) is 11.8 Å². The van der Waals surface area contributed by atoms with Crippen molar-refractivity contribution in [3.8, 4) is 0 Å². The minimum absolute atomic E-state index is 0.228. The molecule has 108 valence electrons. The Kier molecular flexibility index (Phi) is 4.03. The summed E-state index contributed by atoms with van der Waals surface area (Å²) in [6.45, 7) is 5.94. The molecule has 3 heterocycles. The molecule has 5 nitrogen and oxygen atoms in total. The second-order valence-electron chi connectivity index (χ2n) is 5.08. The zero-order valence-corrected chi connectivity index (χ0v) is 12.7. The van der Waals surface area contributed by atoms with Crippen molar-refractivity contribution in [3.63, 3.8) is 0 Å². The standard InChI is InChI=1S/C14H20N4OS/c1-3-6-15-14-17-12(10-5-8-20-13(10)18-14)16-11-4-7-19-9(11)2/h5,8-9,11H,3-4,6-7H2,1-2H3,(H2,15,16,17,18). The lowest BCUT2D eigenvalue weighted by atomic mass is 10.1. The number of hydrogen-bond acceptors (Lipinski definition) is 6. The lowest BCUT2D eigenvalue weighted by molar-refractivity contribution is 0.121. The van der Waals surface area contributed by atoms with Gasteiger partial charge < -0.3 is 15.4 Å². The number of hydrogen-bond donors (Lipinski definition) is 2. The van der Waals surface area contributed by atoms with Gasteiger partial charge in [0.15, 0.2) is 0 Å². The predicted octanol–water partition coefficient (Wildman–Crippen LogP) is 3.10. The summed E-state index contributed by atoms with van der Waals surface area (Å²) in [5, 5.41) is 9.94. The van der Waals surface area contributed by atoms with Gasteiger partial charge in [-0.05, 0) is 31.2 Å². The average Bonchev–Trinajstić information content (AvgIpc) is 3.06. The molecule has 2 aromatic heterocycles.